The van der Waals surface area contributed by atoms with Gasteiger partial charge in [0.1, 0.15) is 5.78 Å². The molecule has 2 aliphatic heterocycles. The van der Waals surface area contributed by atoms with E-state index in [1.807, 2.05) is 23.5 Å². The summed E-state index contributed by atoms with van der Waals surface area (Å²) in [7, 11) is 0. The predicted molar refractivity (Wildman–Crippen MR) is 83.0 cm³/mol. The second-order valence-electron chi connectivity index (χ2n) is 6.09. The van der Waals surface area contributed by atoms with E-state index in [2.05, 4.69) is 6.92 Å². The van der Waals surface area contributed by atoms with Crippen molar-refractivity contribution >= 4 is 29.3 Å². The van der Waals surface area contributed by atoms with E-state index in [9.17, 15) is 4.79 Å². The first kappa shape index (κ1) is 14.3. The maximum absolute atomic E-state index is 12.9. The van der Waals surface area contributed by atoms with Crippen molar-refractivity contribution in [1.82, 2.24) is 0 Å². The Morgan fingerprint density at radius 1 is 1.32 bits per heavy atom. The summed E-state index contributed by atoms with van der Waals surface area (Å²) in [6.45, 7) is 3.03. The van der Waals surface area contributed by atoms with Gasteiger partial charge in [0.15, 0.2) is 0 Å². The van der Waals surface area contributed by atoms with Crippen LogP contribution in [0.5, 0.6) is 0 Å². The summed E-state index contributed by atoms with van der Waals surface area (Å²) in [6.07, 6.45) is 6.73. The van der Waals surface area contributed by atoms with Crippen LogP contribution in [0.2, 0.25) is 0 Å². The number of carbonyl (C=O) groups is 1. The van der Waals surface area contributed by atoms with Crippen molar-refractivity contribution in [2.75, 3.05) is 18.1 Å². The highest BCUT2D eigenvalue weighted by Crippen LogP contribution is 2.46. The van der Waals surface area contributed by atoms with Crippen LogP contribution in [0, 0.1) is 5.92 Å². The number of hydrogen-bond acceptors (Lipinski definition) is 4. The summed E-state index contributed by atoms with van der Waals surface area (Å²) in [4.78, 5) is 12.9. The van der Waals surface area contributed by atoms with Crippen molar-refractivity contribution in [3.63, 3.8) is 0 Å². The summed E-state index contributed by atoms with van der Waals surface area (Å²) in [5, 5.41) is 0.801. The summed E-state index contributed by atoms with van der Waals surface area (Å²) < 4.78 is 5.96. The second kappa shape index (κ2) is 5.98. The molecule has 2 nitrogen and oxygen atoms in total. The van der Waals surface area contributed by atoms with Gasteiger partial charge in [-0.25, -0.2) is 0 Å². The van der Waals surface area contributed by atoms with E-state index in [-0.39, 0.29) is 16.8 Å². The lowest BCUT2D eigenvalue weighted by Gasteiger charge is -2.47. The Morgan fingerprint density at radius 3 is 2.79 bits per heavy atom. The zero-order valence-corrected chi connectivity index (χ0v) is 13.4. The normalized spacial score (nSPS) is 37.8. The summed E-state index contributed by atoms with van der Waals surface area (Å²) in [5.74, 6) is 3.18. The number of ketones is 1. The molecule has 0 aromatic rings. The van der Waals surface area contributed by atoms with Gasteiger partial charge >= 0.3 is 0 Å². The topological polar surface area (TPSA) is 26.3 Å². The van der Waals surface area contributed by atoms with Gasteiger partial charge in [-0.3, -0.25) is 4.79 Å². The molecule has 19 heavy (non-hydrogen) atoms. The van der Waals surface area contributed by atoms with Gasteiger partial charge in [-0.1, -0.05) is 6.92 Å². The van der Waals surface area contributed by atoms with Crippen molar-refractivity contribution in [3.05, 3.63) is 0 Å². The summed E-state index contributed by atoms with van der Waals surface area (Å²) in [6, 6.07) is 0. The molecule has 1 spiro atoms. The highest BCUT2D eigenvalue weighted by molar-refractivity contribution is 8.07. The molecule has 0 amide bonds. The fourth-order valence-electron chi connectivity index (χ4n) is 3.59. The molecule has 4 heteroatoms. The van der Waals surface area contributed by atoms with Crippen LogP contribution in [0.4, 0.5) is 0 Å². The smallest absolute Gasteiger partial charge is 0.150 e. The molecule has 0 radical (unpaired) electrons. The standard InChI is InChI=1S/C15H24O2S2/c1-2-12-14(19-9-8-18-12)13(16)11-4-7-17-15(10-11)5-3-6-15/h11-12,14H,2-10H2,1H3. The Kier molecular flexibility index (Phi) is 4.50. The van der Waals surface area contributed by atoms with E-state index in [0.29, 0.717) is 11.0 Å². The Bertz CT molecular complexity index is 341. The lowest BCUT2D eigenvalue weighted by molar-refractivity contribution is -0.155. The Hall–Kier alpha value is 0.330. The molecular weight excluding hydrogens is 276 g/mol. The first-order chi connectivity index (χ1) is 9.24. The van der Waals surface area contributed by atoms with Crippen LogP contribution in [0.1, 0.15) is 45.4 Å². The molecule has 1 saturated carbocycles. The van der Waals surface area contributed by atoms with Gasteiger partial charge in [-0.15, -0.1) is 11.8 Å². The maximum Gasteiger partial charge on any atom is 0.150 e. The third-order valence-corrected chi connectivity index (χ3v) is 8.16. The predicted octanol–water partition coefficient (Wildman–Crippen LogP) is 3.53. The Balaban J connectivity index is 1.65. The van der Waals surface area contributed by atoms with E-state index in [0.717, 1.165) is 31.6 Å². The minimum atomic E-state index is 0.104. The Morgan fingerprint density at radius 2 is 2.11 bits per heavy atom. The number of thioether (sulfide) groups is 2. The van der Waals surface area contributed by atoms with Gasteiger partial charge in [-0.05, 0) is 38.5 Å². The van der Waals surface area contributed by atoms with Crippen LogP contribution in [0.15, 0.2) is 0 Å². The van der Waals surface area contributed by atoms with Crippen molar-refractivity contribution < 1.29 is 9.53 Å². The van der Waals surface area contributed by atoms with Crippen LogP contribution >= 0.6 is 23.5 Å². The number of hydrogen-bond donors (Lipinski definition) is 0. The van der Waals surface area contributed by atoms with E-state index in [1.54, 1.807) is 0 Å². The molecule has 0 aromatic carbocycles. The molecule has 3 unspecified atom stereocenters. The van der Waals surface area contributed by atoms with E-state index < -0.39 is 0 Å². The number of Topliss-reactive ketones (excluding diaryl/α,β-unsaturated/α-hetero) is 1. The average molecular weight is 300 g/mol. The zero-order valence-electron chi connectivity index (χ0n) is 11.7. The first-order valence-corrected chi connectivity index (χ1v) is 9.75. The fourth-order valence-corrected chi connectivity index (χ4v) is 6.70. The number of rotatable bonds is 3. The SMILES string of the molecule is CCC1SCCSC1C(=O)C1CCOC2(CCC2)C1. The van der Waals surface area contributed by atoms with E-state index in [4.69, 9.17) is 4.74 Å². The van der Waals surface area contributed by atoms with E-state index >= 15 is 0 Å². The monoisotopic (exact) mass is 300 g/mol. The quantitative estimate of drug-likeness (QED) is 0.796. The van der Waals surface area contributed by atoms with Gasteiger partial charge in [0.2, 0.25) is 0 Å². The Labute approximate surface area is 124 Å². The van der Waals surface area contributed by atoms with Crippen molar-refractivity contribution in [2.45, 2.75) is 61.5 Å². The third-order valence-electron chi connectivity index (χ3n) is 4.89. The van der Waals surface area contributed by atoms with Crippen LogP contribution in [-0.2, 0) is 9.53 Å². The molecule has 3 rings (SSSR count). The number of ether oxygens (including phenoxy) is 1. The molecule has 108 valence electrons. The minimum absolute atomic E-state index is 0.104. The molecule has 0 aromatic heterocycles. The maximum atomic E-state index is 12.9. The van der Waals surface area contributed by atoms with Crippen molar-refractivity contribution in [3.8, 4) is 0 Å². The van der Waals surface area contributed by atoms with Crippen LogP contribution in [0.25, 0.3) is 0 Å². The highest BCUT2D eigenvalue weighted by atomic mass is 32.2. The largest absolute Gasteiger partial charge is 0.375 e. The highest BCUT2D eigenvalue weighted by Gasteiger charge is 2.46. The molecule has 0 N–H and O–H groups in total. The lowest BCUT2D eigenvalue weighted by atomic mass is 9.71. The molecule has 1 aliphatic carbocycles. The van der Waals surface area contributed by atoms with Gasteiger partial charge in [0.05, 0.1) is 10.9 Å². The van der Waals surface area contributed by atoms with E-state index in [1.165, 1.54) is 25.0 Å². The zero-order chi connectivity index (χ0) is 13.3. The fraction of sp³-hybridized carbons (Fsp3) is 0.933. The molecule has 2 heterocycles. The molecule has 2 saturated heterocycles. The van der Waals surface area contributed by atoms with Crippen LogP contribution < -0.4 is 0 Å². The van der Waals surface area contributed by atoms with Crippen LogP contribution in [0.3, 0.4) is 0 Å². The molecule has 3 atom stereocenters. The van der Waals surface area contributed by atoms with Crippen molar-refractivity contribution in [1.29, 1.82) is 0 Å². The first-order valence-electron chi connectivity index (χ1n) is 7.65. The molecule has 0 bridgehead atoms. The van der Waals surface area contributed by atoms with Crippen molar-refractivity contribution in [2.24, 2.45) is 5.92 Å². The third kappa shape index (κ3) is 2.86. The summed E-state index contributed by atoms with van der Waals surface area (Å²) >= 11 is 3.92. The van der Waals surface area contributed by atoms with Gasteiger partial charge in [0.25, 0.3) is 0 Å². The molecular formula is C15H24O2S2. The molecule has 3 fully saturated rings. The van der Waals surface area contributed by atoms with Gasteiger partial charge in [0, 0.05) is 29.3 Å². The average Bonchev–Trinajstić information content (AvgIpc) is 2.45. The molecule has 3 aliphatic rings. The summed E-state index contributed by atoms with van der Waals surface area (Å²) in [5.41, 5.74) is 0.104. The lowest BCUT2D eigenvalue weighted by Crippen LogP contribution is -2.49. The minimum Gasteiger partial charge on any atom is -0.375 e. The second-order valence-corrected chi connectivity index (χ2v) is 8.68. The number of carbonyl (C=O) groups excluding carboxylic acids is 1. The van der Waals surface area contributed by atoms with Gasteiger partial charge < -0.3 is 4.74 Å². The van der Waals surface area contributed by atoms with Gasteiger partial charge in [-0.2, -0.15) is 11.8 Å². The van der Waals surface area contributed by atoms with Crippen LogP contribution in [-0.4, -0.2) is 40.0 Å².